The van der Waals surface area contributed by atoms with Crippen LogP contribution in [-0.2, 0) is 22.4 Å². The molecule has 1 aliphatic heterocycles. The molecule has 3 aromatic rings. The third kappa shape index (κ3) is 4.65. The van der Waals surface area contributed by atoms with Crippen molar-refractivity contribution in [3.05, 3.63) is 71.1 Å². The van der Waals surface area contributed by atoms with Crippen molar-refractivity contribution in [2.24, 2.45) is 0 Å². The van der Waals surface area contributed by atoms with E-state index in [2.05, 4.69) is 4.98 Å². The molecule has 1 aliphatic rings. The first-order chi connectivity index (χ1) is 15.4. The number of nitrogens with zero attached hydrogens (tertiary/aromatic N) is 2. The summed E-state index contributed by atoms with van der Waals surface area (Å²) < 4.78 is 11.7. The summed E-state index contributed by atoms with van der Waals surface area (Å²) in [6.45, 7) is 2.27. The number of benzene rings is 2. The molecule has 8 nitrogen and oxygen atoms in total. The van der Waals surface area contributed by atoms with Gasteiger partial charge in [-0.25, -0.2) is 4.98 Å². The largest absolute Gasteiger partial charge is 0.493 e. The summed E-state index contributed by atoms with van der Waals surface area (Å²) in [5.74, 6) is -0.291. The van der Waals surface area contributed by atoms with Crippen LogP contribution in [0.15, 0.2) is 52.9 Å². The fraction of sp³-hybridized carbons (Fsp3) is 0.292. The second-order valence-electron chi connectivity index (χ2n) is 7.70. The zero-order valence-corrected chi connectivity index (χ0v) is 17.7. The van der Waals surface area contributed by atoms with Crippen molar-refractivity contribution in [2.45, 2.75) is 25.8 Å². The molecule has 0 saturated heterocycles. The van der Waals surface area contributed by atoms with Crippen molar-refractivity contribution in [2.75, 3.05) is 19.7 Å². The summed E-state index contributed by atoms with van der Waals surface area (Å²) in [6, 6.07) is 14.0. The molecule has 2 heterocycles. The summed E-state index contributed by atoms with van der Waals surface area (Å²) >= 11 is 0. The predicted octanol–water partition coefficient (Wildman–Crippen LogP) is 3.34. The number of carboxylic acid groups (broad SMARTS) is 2. The summed E-state index contributed by atoms with van der Waals surface area (Å²) in [5, 5.41) is 18.8. The molecule has 1 unspecified atom stereocenters. The highest BCUT2D eigenvalue weighted by Gasteiger charge is 2.34. The van der Waals surface area contributed by atoms with Crippen LogP contribution in [0.5, 0.6) is 5.75 Å². The van der Waals surface area contributed by atoms with Crippen LogP contribution in [0.3, 0.4) is 0 Å². The Balaban J connectivity index is 1.45. The monoisotopic (exact) mass is 436 g/mol. The van der Waals surface area contributed by atoms with Crippen LogP contribution in [0.25, 0.3) is 11.5 Å². The molecule has 0 aliphatic carbocycles. The summed E-state index contributed by atoms with van der Waals surface area (Å²) in [6.07, 6.45) is 1.12. The fourth-order valence-corrected chi connectivity index (χ4v) is 4.00. The molecule has 0 spiro atoms. The lowest BCUT2D eigenvalue weighted by atomic mass is 9.92. The molecule has 0 bridgehead atoms. The van der Waals surface area contributed by atoms with E-state index in [1.54, 1.807) is 6.07 Å². The van der Waals surface area contributed by atoms with E-state index in [1.807, 2.05) is 49.4 Å². The van der Waals surface area contributed by atoms with Crippen molar-refractivity contribution in [1.82, 2.24) is 9.88 Å². The Hall–Kier alpha value is -3.65. The molecule has 0 radical (unpaired) electrons. The molecule has 1 aromatic heterocycles. The third-order valence-corrected chi connectivity index (χ3v) is 5.54. The van der Waals surface area contributed by atoms with E-state index < -0.39 is 18.0 Å². The van der Waals surface area contributed by atoms with Crippen molar-refractivity contribution in [3.8, 4) is 17.2 Å². The molecule has 166 valence electrons. The van der Waals surface area contributed by atoms with Gasteiger partial charge in [-0.05, 0) is 48.7 Å². The lowest BCUT2D eigenvalue weighted by molar-refractivity contribution is -0.147. The summed E-state index contributed by atoms with van der Waals surface area (Å²) in [5.41, 5.74) is 3.18. The zero-order chi connectivity index (χ0) is 22.7. The number of carbonyl (C=O) groups is 2. The Bertz CT molecular complexity index is 1120. The van der Waals surface area contributed by atoms with Crippen molar-refractivity contribution in [1.29, 1.82) is 0 Å². The molecule has 0 saturated carbocycles. The number of carboxylic acids is 2. The lowest BCUT2D eigenvalue weighted by Gasteiger charge is -2.33. The average Bonchev–Trinajstić information content (AvgIpc) is 3.14. The van der Waals surface area contributed by atoms with Crippen LogP contribution in [0, 0.1) is 6.92 Å². The van der Waals surface area contributed by atoms with Crippen LogP contribution >= 0.6 is 0 Å². The van der Waals surface area contributed by atoms with Gasteiger partial charge in [-0.1, -0.05) is 24.3 Å². The average molecular weight is 436 g/mol. The first kappa shape index (κ1) is 21.6. The predicted molar refractivity (Wildman–Crippen MR) is 116 cm³/mol. The number of hydrogen-bond donors (Lipinski definition) is 2. The molecule has 0 amide bonds. The number of aliphatic carboxylic acids is 2. The summed E-state index contributed by atoms with van der Waals surface area (Å²) in [4.78, 5) is 29.0. The van der Waals surface area contributed by atoms with Gasteiger partial charge in [0.1, 0.15) is 17.6 Å². The van der Waals surface area contributed by atoms with Crippen molar-refractivity contribution < 1.29 is 29.0 Å². The smallest absolute Gasteiger partial charge is 0.325 e. The van der Waals surface area contributed by atoms with Gasteiger partial charge in [0.15, 0.2) is 0 Å². The van der Waals surface area contributed by atoms with Gasteiger partial charge in [-0.2, -0.15) is 0 Å². The SMILES string of the molecule is Cc1oc(-c2ccccc2)nc1CCOc1ccc2c(c1)C(C(=O)O)N(CC(=O)O)CC2. The number of oxazole rings is 1. The van der Waals surface area contributed by atoms with Gasteiger partial charge in [0.05, 0.1) is 18.8 Å². The molecule has 2 aromatic carbocycles. The van der Waals surface area contributed by atoms with Gasteiger partial charge in [-0.15, -0.1) is 0 Å². The normalized spacial score (nSPS) is 15.8. The van der Waals surface area contributed by atoms with E-state index in [9.17, 15) is 14.7 Å². The van der Waals surface area contributed by atoms with E-state index in [4.69, 9.17) is 14.3 Å². The molecule has 1 atom stereocenters. The highest BCUT2D eigenvalue weighted by atomic mass is 16.5. The molecule has 8 heteroatoms. The third-order valence-electron chi connectivity index (χ3n) is 5.54. The quantitative estimate of drug-likeness (QED) is 0.553. The van der Waals surface area contributed by atoms with Crippen molar-refractivity contribution >= 4 is 11.9 Å². The van der Waals surface area contributed by atoms with E-state index >= 15 is 0 Å². The molecule has 4 rings (SSSR count). The zero-order valence-electron chi connectivity index (χ0n) is 17.7. The van der Waals surface area contributed by atoms with Crippen LogP contribution in [0.4, 0.5) is 0 Å². The Morgan fingerprint density at radius 3 is 2.69 bits per heavy atom. The van der Waals surface area contributed by atoms with E-state index in [0.29, 0.717) is 43.2 Å². The molecule has 2 N–H and O–H groups in total. The van der Waals surface area contributed by atoms with Gasteiger partial charge >= 0.3 is 11.9 Å². The lowest BCUT2D eigenvalue weighted by Crippen LogP contribution is -2.42. The number of rotatable bonds is 8. The fourth-order valence-electron chi connectivity index (χ4n) is 4.00. The Labute approximate surface area is 185 Å². The first-order valence-electron chi connectivity index (χ1n) is 10.4. The van der Waals surface area contributed by atoms with Crippen molar-refractivity contribution in [3.63, 3.8) is 0 Å². The van der Waals surface area contributed by atoms with Gasteiger partial charge in [0.25, 0.3) is 0 Å². The Morgan fingerprint density at radius 2 is 1.97 bits per heavy atom. The number of hydrogen-bond acceptors (Lipinski definition) is 6. The topological polar surface area (TPSA) is 113 Å². The minimum Gasteiger partial charge on any atom is -0.493 e. The maximum Gasteiger partial charge on any atom is 0.325 e. The highest BCUT2D eigenvalue weighted by molar-refractivity contribution is 5.78. The van der Waals surface area contributed by atoms with Gasteiger partial charge < -0.3 is 19.4 Å². The standard InChI is InChI=1S/C24H24N2O6/c1-15-20(25-23(32-15)17-5-3-2-4-6-17)10-12-31-18-8-7-16-9-11-26(14-21(27)28)22(24(29)30)19(16)13-18/h2-8,13,22H,9-12,14H2,1H3,(H,27,28)(H,29,30). The van der Waals surface area contributed by atoms with Gasteiger partial charge in [0.2, 0.25) is 5.89 Å². The Morgan fingerprint density at radius 1 is 1.19 bits per heavy atom. The second kappa shape index (κ2) is 9.23. The van der Waals surface area contributed by atoms with E-state index in [0.717, 1.165) is 22.6 Å². The molecule has 0 fully saturated rings. The van der Waals surface area contributed by atoms with Crippen LogP contribution in [-0.4, -0.2) is 51.7 Å². The number of ether oxygens (including phenoxy) is 1. The maximum atomic E-state index is 11.9. The number of aryl methyl sites for hydroxylation is 1. The van der Waals surface area contributed by atoms with E-state index in [1.165, 1.54) is 4.90 Å². The molecule has 32 heavy (non-hydrogen) atoms. The summed E-state index contributed by atoms with van der Waals surface area (Å²) in [7, 11) is 0. The second-order valence-corrected chi connectivity index (χ2v) is 7.70. The maximum absolute atomic E-state index is 11.9. The minimum atomic E-state index is -1.07. The highest BCUT2D eigenvalue weighted by Crippen LogP contribution is 2.33. The van der Waals surface area contributed by atoms with Gasteiger partial charge in [-0.3, -0.25) is 14.5 Å². The van der Waals surface area contributed by atoms with Gasteiger partial charge in [0, 0.05) is 18.5 Å². The van der Waals surface area contributed by atoms with Crippen LogP contribution in [0.1, 0.15) is 28.6 Å². The molecular formula is C24H24N2O6. The van der Waals surface area contributed by atoms with Crippen LogP contribution < -0.4 is 4.74 Å². The first-order valence-corrected chi connectivity index (χ1v) is 10.4. The number of aromatic nitrogens is 1. The minimum absolute atomic E-state index is 0.323. The molecular weight excluding hydrogens is 412 g/mol. The van der Waals surface area contributed by atoms with E-state index in [-0.39, 0.29) is 6.54 Å². The van der Waals surface area contributed by atoms with Crippen LogP contribution in [0.2, 0.25) is 0 Å². The number of fused-ring (bicyclic) bond motifs is 1. The Kier molecular flexibility index (Phi) is 6.23.